The minimum atomic E-state index is -0.328. The summed E-state index contributed by atoms with van der Waals surface area (Å²) in [6.45, 7) is 2.00. The number of amides is 2. The van der Waals surface area contributed by atoms with Crippen molar-refractivity contribution in [2.75, 3.05) is 38.8 Å². The van der Waals surface area contributed by atoms with E-state index < -0.39 is 0 Å². The van der Waals surface area contributed by atoms with Crippen molar-refractivity contribution >= 4 is 29.9 Å². The summed E-state index contributed by atoms with van der Waals surface area (Å²) in [5, 5.41) is 6.33. The molecule has 0 spiro atoms. The third-order valence-corrected chi connectivity index (χ3v) is 4.83. The van der Waals surface area contributed by atoms with Crippen molar-refractivity contribution in [2.24, 2.45) is 5.92 Å². The number of benzene rings is 1. The van der Waals surface area contributed by atoms with Crippen LogP contribution in [0.2, 0.25) is 0 Å². The molecule has 2 atom stereocenters. The van der Waals surface area contributed by atoms with Crippen LogP contribution in [0.4, 0.5) is 5.69 Å². The van der Waals surface area contributed by atoms with Crippen LogP contribution in [0.1, 0.15) is 19.3 Å². The van der Waals surface area contributed by atoms with E-state index >= 15 is 0 Å². The molecule has 0 bridgehead atoms. The van der Waals surface area contributed by atoms with Crippen molar-refractivity contribution in [3.05, 3.63) is 18.2 Å². The number of rotatable bonds is 6. The summed E-state index contributed by atoms with van der Waals surface area (Å²) in [4.78, 5) is 26.4. The van der Waals surface area contributed by atoms with E-state index in [1.165, 1.54) is 0 Å². The highest BCUT2D eigenvalue weighted by molar-refractivity contribution is 6.00. The summed E-state index contributed by atoms with van der Waals surface area (Å²) >= 11 is 0. The van der Waals surface area contributed by atoms with Gasteiger partial charge in [-0.05, 0) is 19.4 Å². The molecule has 26 heavy (non-hydrogen) atoms. The first-order chi connectivity index (χ1) is 12.1. The summed E-state index contributed by atoms with van der Waals surface area (Å²) in [5.74, 6) is 0.782. The van der Waals surface area contributed by atoms with Gasteiger partial charge in [-0.15, -0.1) is 12.4 Å². The van der Waals surface area contributed by atoms with Crippen molar-refractivity contribution < 1.29 is 19.1 Å². The van der Waals surface area contributed by atoms with Gasteiger partial charge in [-0.25, -0.2) is 0 Å². The smallest absolute Gasteiger partial charge is 0.227 e. The molecule has 2 fully saturated rings. The predicted molar refractivity (Wildman–Crippen MR) is 101 cm³/mol. The lowest BCUT2D eigenvalue weighted by Crippen LogP contribution is -2.40. The van der Waals surface area contributed by atoms with Crippen LogP contribution in [0.5, 0.6) is 11.5 Å². The number of hydrogen-bond acceptors (Lipinski definition) is 5. The Morgan fingerprint density at radius 1 is 1.27 bits per heavy atom. The zero-order chi connectivity index (χ0) is 17.8. The number of carbonyl (C=O) groups is 2. The minimum absolute atomic E-state index is 0. The van der Waals surface area contributed by atoms with E-state index in [9.17, 15) is 9.59 Å². The van der Waals surface area contributed by atoms with E-state index in [1.807, 2.05) is 0 Å². The van der Waals surface area contributed by atoms with Gasteiger partial charge in [-0.1, -0.05) is 0 Å². The molecule has 8 heteroatoms. The van der Waals surface area contributed by atoms with E-state index in [4.69, 9.17) is 9.47 Å². The van der Waals surface area contributed by atoms with Gasteiger partial charge in [0.15, 0.2) is 0 Å². The Hall–Kier alpha value is -1.99. The van der Waals surface area contributed by atoms with Crippen LogP contribution < -0.4 is 25.0 Å². The summed E-state index contributed by atoms with van der Waals surface area (Å²) in [6, 6.07) is 5.66. The van der Waals surface area contributed by atoms with Gasteiger partial charge < -0.3 is 25.0 Å². The largest absolute Gasteiger partial charge is 0.497 e. The number of nitrogens with zero attached hydrogens (tertiary/aromatic N) is 1. The van der Waals surface area contributed by atoms with Gasteiger partial charge in [0, 0.05) is 43.8 Å². The average molecular weight is 384 g/mol. The SMILES string of the molecule is COc1cc(OC)cc(N2CC(C(=O)NCC3CCCN3)CC2=O)c1.Cl. The molecular formula is C18H26ClN3O4. The highest BCUT2D eigenvalue weighted by Gasteiger charge is 2.35. The van der Waals surface area contributed by atoms with E-state index in [2.05, 4.69) is 10.6 Å². The van der Waals surface area contributed by atoms with Gasteiger partial charge in [-0.2, -0.15) is 0 Å². The van der Waals surface area contributed by atoms with Gasteiger partial charge in [0.05, 0.1) is 25.8 Å². The van der Waals surface area contributed by atoms with Crippen molar-refractivity contribution in [3.8, 4) is 11.5 Å². The lowest BCUT2D eigenvalue weighted by atomic mass is 10.1. The van der Waals surface area contributed by atoms with Crippen LogP contribution in [0, 0.1) is 5.92 Å². The summed E-state index contributed by atoms with van der Waals surface area (Å²) in [5.41, 5.74) is 0.689. The minimum Gasteiger partial charge on any atom is -0.497 e. The zero-order valence-electron chi connectivity index (χ0n) is 15.1. The van der Waals surface area contributed by atoms with E-state index in [0.29, 0.717) is 36.3 Å². The highest BCUT2D eigenvalue weighted by atomic mass is 35.5. The maximum Gasteiger partial charge on any atom is 0.227 e. The Balaban J connectivity index is 0.00000243. The molecule has 0 radical (unpaired) electrons. The van der Waals surface area contributed by atoms with Gasteiger partial charge >= 0.3 is 0 Å². The van der Waals surface area contributed by atoms with Gasteiger partial charge in [0.1, 0.15) is 11.5 Å². The van der Waals surface area contributed by atoms with E-state index in [0.717, 1.165) is 19.4 Å². The van der Waals surface area contributed by atoms with Crippen LogP contribution in [0.25, 0.3) is 0 Å². The molecule has 1 aromatic rings. The first-order valence-corrected chi connectivity index (χ1v) is 8.65. The van der Waals surface area contributed by atoms with Crippen LogP contribution in [-0.4, -0.2) is 51.7 Å². The Morgan fingerprint density at radius 3 is 2.54 bits per heavy atom. The summed E-state index contributed by atoms with van der Waals surface area (Å²) < 4.78 is 10.5. The van der Waals surface area contributed by atoms with Crippen molar-refractivity contribution in [3.63, 3.8) is 0 Å². The molecule has 2 aliphatic rings. The number of halogens is 1. The number of anilines is 1. The molecule has 144 valence electrons. The Bertz CT molecular complexity index is 627. The zero-order valence-corrected chi connectivity index (χ0v) is 15.9. The molecule has 0 aliphatic carbocycles. The van der Waals surface area contributed by atoms with Crippen LogP contribution in [0.15, 0.2) is 18.2 Å². The quantitative estimate of drug-likeness (QED) is 0.775. The van der Waals surface area contributed by atoms with Gasteiger partial charge in [-0.3, -0.25) is 9.59 Å². The van der Waals surface area contributed by atoms with Crippen LogP contribution in [0.3, 0.4) is 0 Å². The number of methoxy groups -OCH3 is 2. The first kappa shape index (κ1) is 20.3. The first-order valence-electron chi connectivity index (χ1n) is 8.65. The Morgan fingerprint density at radius 2 is 1.96 bits per heavy atom. The second-order valence-electron chi connectivity index (χ2n) is 6.51. The second-order valence-corrected chi connectivity index (χ2v) is 6.51. The molecule has 0 saturated carbocycles. The van der Waals surface area contributed by atoms with Crippen molar-refractivity contribution in [1.29, 1.82) is 0 Å². The molecule has 2 saturated heterocycles. The molecule has 2 unspecified atom stereocenters. The maximum absolute atomic E-state index is 12.4. The fraction of sp³-hybridized carbons (Fsp3) is 0.556. The molecular weight excluding hydrogens is 358 g/mol. The molecule has 7 nitrogen and oxygen atoms in total. The standard InChI is InChI=1S/C18H25N3O4.ClH/c1-24-15-7-14(8-16(9-15)25-2)21-11-12(6-17(21)22)18(23)20-10-13-4-3-5-19-13;/h7-9,12-13,19H,3-6,10-11H2,1-2H3,(H,20,23);1H. The lowest BCUT2D eigenvalue weighted by molar-refractivity contribution is -0.126. The maximum atomic E-state index is 12.4. The van der Waals surface area contributed by atoms with Gasteiger partial charge in [0.25, 0.3) is 0 Å². The molecule has 2 N–H and O–H groups in total. The second kappa shape index (κ2) is 9.09. The molecule has 3 rings (SSSR count). The predicted octanol–water partition coefficient (Wildman–Crippen LogP) is 1.35. The highest BCUT2D eigenvalue weighted by Crippen LogP contribution is 2.32. The molecule has 2 amide bonds. The molecule has 2 heterocycles. The fourth-order valence-electron chi connectivity index (χ4n) is 3.38. The fourth-order valence-corrected chi connectivity index (χ4v) is 3.38. The third-order valence-electron chi connectivity index (χ3n) is 4.83. The Labute approximate surface area is 159 Å². The topological polar surface area (TPSA) is 79.9 Å². The van der Waals surface area contributed by atoms with E-state index in [-0.39, 0.29) is 36.6 Å². The number of ether oxygens (including phenoxy) is 2. The molecule has 0 aromatic heterocycles. The van der Waals surface area contributed by atoms with Crippen molar-refractivity contribution in [2.45, 2.75) is 25.3 Å². The van der Waals surface area contributed by atoms with Crippen molar-refractivity contribution in [1.82, 2.24) is 10.6 Å². The Kier molecular flexibility index (Phi) is 7.11. The summed E-state index contributed by atoms with van der Waals surface area (Å²) in [6.07, 6.45) is 2.46. The van der Waals surface area contributed by atoms with Gasteiger partial charge in [0.2, 0.25) is 11.8 Å². The molecule has 2 aliphatic heterocycles. The van der Waals surface area contributed by atoms with Crippen LogP contribution >= 0.6 is 12.4 Å². The van der Waals surface area contributed by atoms with E-state index in [1.54, 1.807) is 37.3 Å². The average Bonchev–Trinajstić information content (AvgIpc) is 3.28. The monoisotopic (exact) mass is 383 g/mol. The third kappa shape index (κ3) is 4.59. The number of nitrogens with one attached hydrogen (secondary N) is 2. The summed E-state index contributed by atoms with van der Waals surface area (Å²) in [7, 11) is 3.13. The number of hydrogen-bond donors (Lipinski definition) is 2. The normalized spacial score (nSPS) is 22.1. The molecule has 1 aromatic carbocycles. The number of carbonyl (C=O) groups excluding carboxylic acids is 2. The van der Waals surface area contributed by atoms with Crippen LogP contribution in [-0.2, 0) is 9.59 Å². The lowest BCUT2D eigenvalue weighted by Gasteiger charge is -2.19.